The van der Waals surface area contributed by atoms with Crippen molar-refractivity contribution in [2.24, 2.45) is 0 Å². The average Bonchev–Trinajstić information content (AvgIpc) is 3.08. The third-order valence-electron chi connectivity index (χ3n) is 5.13. The average molecular weight is 476 g/mol. The van der Waals surface area contributed by atoms with Gasteiger partial charge in [0, 0.05) is 36.7 Å². The lowest BCUT2D eigenvalue weighted by atomic mass is 10.2. The molecule has 2 heterocycles. The third kappa shape index (κ3) is 5.70. The van der Waals surface area contributed by atoms with E-state index in [1.165, 1.54) is 23.1 Å². The molecule has 0 aliphatic rings. The summed E-state index contributed by atoms with van der Waals surface area (Å²) in [6.45, 7) is 8.00. The maximum Gasteiger partial charge on any atom is 0.263 e. The predicted molar refractivity (Wildman–Crippen MR) is 130 cm³/mol. The first-order chi connectivity index (χ1) is 15.5. The minimum Gasteiger partial charge on any atom is -0.496 e. The van der Waals surface area contributed by atoms with E-state index in [2.05, 4.69) is 5.32 Å². The van der Waals surface area contributed by atoms with Gasteiger partial charge in [-0.1, -0.05) is 30.0 Å². The summed E-state index contributed by atoms with van der Waals surface area (Å²) in [4.78, 5) is 32.3. The number of rotatable bonds is 11. The number of thioether (sulfide) groups is 1. The quantitative estimate of drug-likeness (QED) is 0.257. The highest BCUT2D eigenvalue weighted by Crippen LogP contribution is 2.28. The molecule has 3 rings (SSSR count). The number of ether oxygens (including phenoxy) is 2. The summed E-state index contributed by atoms with van der Waals surface area (Å²) in [5.74, 6) is 0.774. The van der Waals surface area contributed by atoms with Crippen molar-refractivity contribution in [1.82, 2.24) is 14.9 Å². The Labute approximate surface area is 196 Å². The van der Waals surface area contributed by atoms with Crippen LogP contribution in [0.3, 0.4) is 0 Å². The van der Waals surface area contributed by atoms with Crippen molar-refractivity contribution in [2.75, 3.05) is 26.1 Å². The molecule has 0 radical (unpaired) electrons. The third-order valence-corrected chi connectivity index (χ3v) is 7.21. The molecule has 1 amide bonds. The number of carbonyl (C=O) groups excluding carboxylic acids is 1. The van der Waals surface area contributed by atoms with E-state index < -0.39 is 0 Å². The van der Waals surface area contributed by atoms with Crippen LogP contribution in [-0.4, -0.2) is 41.5 Å². The van der Waals surface area contributed by atoms with Crippen LogP contribution < -0.4 is 15.6 Å². The Morgan fingerprint density at radius 3 is 2.81 bits per heavy atom. The van der Waals surface area contributed by atoms with Gasteiger partial charge in [-0.2, -0.15) is 0 Å². The number of thiophene rings is 1. The van der Waals surface area contributed by atoms with E-state index >= 15 is 0 Å². The normalized spacial score (nSPS) is 11.1. The van der Waals surface area contributed by atoms with Crippen LogP contribution in [0.25, 0.3) is 10.2 Å². The predicted octanol–water partition coefficient (Wildman–Crippen LogP) is 3.92. The zero-order valence-electron chi connectivity index (χ0n) is 18.9. The Morgan fingerprint density at radius 1 is 1.28 bits per heavy atom. The number of para-hydroxylation sites is 1. The molecule has 3 aromatic rings. The molecule has 0 aliphatic heterocycles. The van der Waals surface area contributed by atoms with E-state index in [1.54, 1.807) is 11.7 Å². The number of aryl methyl sites for hydroxylation is 2. The van der Waals surface area contributed by atoms with E-state index in [0.29, 0.717) is 43.3 Å². The number of nitrogens with zero attached hydrogens (tertiary/aromatic N) is 2. The van der Waals surface area contributed by atoms with E-state index in [-0.39, 0.29) is 17.2 Å². The number of amides is 1. The Morgan fingerprint density at radius 2 is 2.06 bits per heavy atom. The molecule has 32 heavy (non-hydrogen) atoms. The van der Waals surface area contributed by atoms with Crippen molar-refractivity contribution in [1.29, 1.82) is 0 Å². The molecule has 1 N–H and O–H groups in total. The standard InChI is InChI=1S/C23H29N3O4S2/c1-5-30-12-8-11-26-22(28)20-15(2)16(3)32-21(20)25-23(26)31-14-19(27)24-13-17-9-6-7-10-18(17)29-4/h6-7,9-10H,5,8,11-14H2,1-4H3,(H,24,27). The van der Waals surface area contributed by atoms with Gasteiger partial charge >= 0.3 is 0 Å². The first-order valence-electron chi connectivity index (χ1n) is 10.6. The summed E-state index contributed by atoms with van der Waals surface area (Å²) in [5, 5.41) is 4.15. The maximum atomic E-state index is 13.2. The fourth-order valence-corrected chi connectivity index (χ4v) is 5.23. The van der Waals surface area contributed by atoms with Gasteiger partial charge in [0.25, 0.3) is 5.56 Å². The molecule has 1 aromatic carbocycles. The van der Waals surface area contributed by atoms with Gasteiger partial charge in [-0.3, -0.25) is 14.2 Å². The van der Waals surface area contributed by atoms with Gasteiger partial charge in [-0.25, -0.2) is 4.98 Å². The minimum absolute atomic E-state index is 0.0507. The van der Waals surface area contributed by atoms with Gasteiger partial charge in [0.2, 0.25) is 5.91 Å². The van der Waals surface area contributed by atoms with Crippen molar-refractivity contribution in [3.8, 4) is 5.75 Å². The number of hydrogen-bond donors (Lipinski definition) is 1. The van der Waals surface area contributed by atoms with Gasteiger partial charge in [-0.15, -0.1) is 11.3 Å². The van der Waals surface area contributed by atoms with Crippen molar-refractivity contribution in [2.45, 2.75) is 45.4 Å². The van der Waals surface area contributed by atoms with Crippen LogP contribution in [0.15, 0.2) is 34.2 Å². The second-order valence-electron chi connectivity index (χ2n) is 7.24. The number of aromatic nitrogens is 2. The highest BCUT2D eigenvalue weighted by Gasteiger charge is 2.17. The highest BCUT2D eigenvalue weighted by atomic mass is 32.2. The monoisotopic (exact) mass is 475 g/mol. The second-order valence-corrected chi connectivity index (χ2v) is 9.39. The number of hydrogen-bond acceptors (Lipinski definition) is 7. The van der Waals surface area contributed by atoms with Crippen LogP contribution >= 0.6 is 23.1 Å². The molecule has 0 saturated carbocycles. The molecular formula is C23H29N3O4S2. The van der Waals surface area contributed by atoms with Gasteiger partial charge < -0.3 is 14.8 Å². The second kappa shape index (κ2) is 11.5. The molecule has 0 atom stereocenters. The van der Waals surface area contributed by atoms with Crippen molar-refractivity contribution >= 4 is 39.2 Å². The summed E-state index contributed by atoms with van der Waals surface area (Å²) >= 11 is 2.80. The molecule has 0 bridgehead atoms. The molecule has 0 fully saturated rings. The first-order valence-corrected chi connectivity index (χ1v) is 12.4. The van der Waals surface area contributed by atoms with Crippen LogP contribution in [0.5, 0.6) is 5.75 Å². The van der Waals surface area contributed by atoms with Crippen molar-refractivity contribution < 1.29 is 14.3 Å². The number of methoxy groups -OCH3 is 1. The number of fused-ring (bicyclic) bond motifs is 1. The SMILES string of the molecule is CCOCCCn1c(SCC(=O)NCc2ccccc2OC)nc2sc(C)c(C)c2c1=O. The molecule has 0 aliphatic carbocycles. The molecule has 2 aromatic heterocycles. The Balaban J connectivity index is 1.74. The van der Waals surface area contributed by atoms with Gasteiger partial charge in [0.05, 0.1) is 18.2 Å². The molecule has 9 heteroatoms. The molecular weight excluding hydrogens is 446 g/mol. The Bertz CT molecular complexity index is 1140. The topological polar surface area (TPSA) is 82.4 Å². The van der Waals surface area contributed by atoms with Crippen molar-refractivity contribution in [3.05, 3.63) is 50.6 Å². The number of benzene rings is 1. The Kier molecular flexibility index (Phi) is 8.72. The van der Waals surface area contributed by atoms with Gasteiger partial charge in [0.1, 0.15) is 10.6 Å². The largest absolute Gasteiger partial charge is 0.496 e. The molecule has 7 nitrogen and oxygen atoms in total. The number of carbonyl (C=O) groups is 1. The zero-order valence-corrected chi connectivity index (χ0v) is 20.5. The lowest BCUT2D eigenvalue weighted by Crippen LogP contribution is -2.27. The summed E-state index contributed by atoms with van der Waals surface area (Å²) < 4.78 is 12.4. The van der Waals surface area contributed by atoms with Crippen LogP contribution in [0.4, 0.5) is 0 Å². The summed E-state index contributed by atoms with van der Waals surface area (Å²) in [7, 11) is 1.61. The first kappa shape index (κ1) is 24.3. The van der Waals surface area contributed by atoms with E-state index in [9.17, 15) is 9.59 Å². The smallest absolute Gasteiger partial charge is 0.263 e. The summed E-state index contributed by atoms with van der Waals surface area (Å²) in [6, 6.07) is 7.57. The van der Waals surface area contributed by atoms with Gasteiger partial charge in [0.15, 0.2) is 5.16 Å². The lowest BCUT2D eigenvalue weighted by Gasteiger charge is -2.13. The van der Waals surface area contributed by atoms with E-state index in [0.717, 1.165) is 26.6 Å². The fraction of sp³-hybridized carbons (Fsp3) is 0.435. The molecule has 0 spiro atoms. The highest BCUT2D eigenvalue weighted by molar-refractivity contribution is 7.99. The molecule has 0 unspecified atom stereocenters. The zero-order chi connectivity index (χ0) is 23.1. The number of nitrogens with one attached hydrogen (secondary N) is 1. The van der Waals surface area contributed by atoms with E-state index in [1.807, 2.05) is 45.0 Å². The molecule has 172 valence electrons. The summed E-state index contributed by atoms with van der Waals surface area (Å²) in [5.41, 5.74) is 1.84. The minimum atomic E-state index is -0.130. The van der Waals surface area contributed by atoms with Crippen LogP contribution in [0.1, 0.15) is 29.3 Å². The fourth-order valence-electron chi connectivity index (χ4n) is 3.31. The lowest BCUT2D eigenvalue weighted by molar-refractivity contribution is -0.118. The van der Waals surface area contributed by atoms with E-state index in [4.69, 9.17) is 14.5 Å². The van der Waals surface area contributed by atoms with Crippen LogP contribution in [-0.2, 0) is 22.6 Å². The van der Waals surface area contributed by atoms with Crippen LogP contribution in [0.2, 0.25) is 0 Å². The summed E-state index contributed by atoms with van der Waals surface area (Å²) in [6.07, 6.45) is 0.705. The van der Waals surface area contributed by atoms with Gasteiger partial charge in [-0.05, 0) is 38.8 Å². The molecule has 0 saturated heterocycles. The Hall–Kier alpha value is -2.36. The maximum absolute atomic E-state index is 13.2. The van der Waals surface area contributed by atoms with Crippen LogP contribution in [0, 0.1) is 13.8 Å². The van der Waals surface area contributed by atoms with Crippen molar-refractivity contribution in [3.63, 3.8) is 0 Å².